The number of hydroxylamine groups is 2. The Kier molecular flexibility index (Phi) is 6.66. The predicted octanol–water partition coefficient (Wildman–Crippen LogP) is -1.68. The molecule has 10 nitrogen and oxygen atoms in total. The second-order valence-electron chi connectivity index (χ2n) is 5.51. The van der Waals surface area contributed by atoms with Crippen molar-refractivity contribution in [3.8, 4) is 0 Å². The highest BCUT2D eigenvalue weighted by Crippen LogP contribution is 2.30. The van der Waals surface area contributed by atoms with Crippen molar-refractivity contribution in [2.75, 3.05) is 41.0 Å². The molecule has 0 spiro atoms. The molecule has 1 saturated heterocycles. The quantitative estimate of drug-likeness (QED) is 0.424. The molecule has 1 aliphatic heterocycles. The van der Waals surface area contributed by atoms with Crippen LogP contribution in [0.1, 0.15) is 6.23 Å². The molecule has 1 aromatic heterocycles. The first-order valence-electron chi connectivity index (χ1n) is 7.50. The molecule has 1 aromatic rings. The molecule has 10 heteroatoms. The lowest BCUT2D eigenvalue weighted by Gasteiger charge is -2.22. The van der Waals surface area contributed by atoms with E-state index in [1.165, 1.54) is 29.0 Å². The zero-order valence-corrected chi connectivity index (χ0v) is 13.9. The van der Waals surface area contributed by atoms with Gasteiger partial charge in [0.2, 0.25) is 0 Å². The van der Waals surface area contributed by atoms with Crippen molar-refractivity contribution in [3.63, 3.8) is 0 Å². The summed E-state index contributed by atoms with van der Waals surface area (Å²) in [6.07, 6.45) is -2.03. The molecular weight excluding hydrogens is 322 g/mol. The lowest BCUT2D eigenvalue weighted by atomic mass is 10.1. The zero-order valence-electron chi connectivity index (χ0n) is 13.9. The maximum atomic E-state index is 12.0. The second kappa shape index (κ2) is 8.51. The molecule has 136 valence electrons. The van der Waals surface area contributed by atoms with Gasteiger partial charge in [-0.2, -0.15) is 5.06 Å². The molecule has 1 fully saturated rings. The molecule has 24 heavy (non-hydrogen) atoms. The van der Waals surface area contributed by atoms with Gasteiger partial charge in [-0.25, -0.2) is 4.79 Å². The van der Waals surface area contributed by atoms with Crippen LogP contribution >= 0.6 is 0 Å². The van der Waals surface area contributed by atoms with Crippen LogP contribution in [0.15, 0.2) is 21.9 Å². The van der Waals surface area contributed by atoms with Gasteiger partial charge in [-0.1, -0.05) is 0 Å². The van der Waals surface area contributed by atoms with Crippen molar-refractivity contribution in [2.24, 2.45) is 0 Å². The summed E-state index contributed by atoms with van der Waals surface area (Å²) < 4.78 is 17.6. The monoisotopic (exact) mass is 345 g/mol. The molecule has 0 unspecified atom stereocenters. The van der Waals surface area contributed by atoms with Gasteiger partial charge in [-0.05, 0) is 0 Å². The van der Waals surface area contributed by atoms with E-state index in [0.29, 0.717) is 0 Å². The number of hydrogen-bond donors (Lipinski definition) is 2. The van der Waals surface area contributed by atoms with Crippen molar-refractivity contribution in [2.45, 2.75) is 24.5 Å². The topological polar surface area (TPSA) is 115 Å². The summed E-state index contributed by atoms with van der Waals surface area (Å²) in [5.41, 5.74) is -1.16. The first-order chi connectivity index (χ1) is 11.4. The largest absolute Gasteiger partial charge is 0.387 e. The number of ether oxygens (including phenoxy) is 3. The Bertz CT molecular complexity index is 629. The number of rotatable bonds is 8. The lowest BCUT2D eigenvalue weighted by molar-refractivity contribution is -0.151. The number of nitrogens with one attached hydrogen (secondary N) is 1. The first-order valence-corrected chi connectivity index (χ1v) is 7.50. The van der Waals surface area contributed by atoms with E-state index in [0.717, 1.165) is 0 Å². The molecule has 0 radical (unpaired) electrons. The molecule has 2 rings (SSSR count). The Balaban J connectivity index is 2.15. The number of nitrogens with zero attached hydrogens (tertiary/aromatic N) is 2. The van der Waals surface area contributed by atoms with Crippen LogP contribution in [0.4, 0.5) is 0 Å². The van der Waals surface area contributed by atoms with E-state index < -0.39 is 35.8 Å². The average molecular weight is 345 g/mol. The van der Waals surface area contributed by atoms with Crippen molar-refractivity contribution in [1.82, 2.24) is 14.6 Å². The molecule has 0 aromatic carbocycles. The third-order valence-corrected chi connectivity index (χ3v) is 3.51. The fourth-order valence-corrected chi connectivity index (χ4v) is 2.46. The third-order valence-electron chi connectivity index (χ3n) is 3.51. The van der Waals surface area contributed by atoms with Gasteiger partial charge in [0.05, 0.1) is 19.8 Å². The van der Waals surface area contributed by atoms with Crippen LogP contribution in [-0.2, 0) is 19.0 Å². The second-order valence-corrected chi connectivity index (χ2v) is 5.51. The van der Waals surface area contributed by atoms with Crippen LogP contribution in [0.3, 0.4) is 0 Å². The van der Waals surface area contributed by atoms with E-state index in [2.05, 4.69) is 4.98 Å². The molecule has 0 bridgehead atoms. The van der Waals surface area contributed by atoms with Crippen molar-refractivity contribution in [1.29, 1.82) is 0 Å². The molecule has 4 atom stereocenters. The normalized spacial score (nSPS) is 27.0. The van der Waals surface area contributed by atoms with E-state index in [4.69, 9.17) is 19.0 Å². The summed E-state index contributed by atoms with van der Waals surface area (Å²) in [4.78, 5) is 30.6. The predicted molar refractivity (Wildman–Crippen MR) is 82.5 cm³/mol. The lowest BCUT2D eigenvalue weighted by Crippen LogP contribution is -2.40. The number of aliphatic hydroxyl groups excluding tert-OH is 1. The van der Waals surface area contributed by atoms with Crippen LogP contribution in [0.25, 0.3) is 0 Å². The van der Waals surface area contributed by atoms with E-state index >= 15 is 0 Å². The number of aromatic nitrogens is 2. The third kappa shape index (κ3) is 4.50. The number of H-pyrrole nitrogens is 1. The minimum atomic E-state index is -0.992. The van der Waals surface area contributed by atoms with Gasteiger partial charge in [-0.15, -0.1) is 0 Å². The van der Waals surface area contributed by atoms with Crippen LogP contribution in [0.2, 0.25) is 0 Å². The zero-order chi connectivity index (χ0) is 17.7. The van der Waals surface area contributed by atoms with Crippen molar-refractivity contribution >= 4 is 0 Å². The number of methoxy groups -OCH3 is 1. The molecule has 0 amide bonds. The number of hydrogen-bond acceptors (Lipinski definition) is 8. The van der Waals surface area contributed by atoms with Gasteiger partial charge >= 0.3 is 5.69 Å². The molecule has 1 aliphatic rings. The maximum absolute atomic E-state index is 12.0. The highest BCUT2D eigenvalue weighted by Gasteiger charge is 2.45. The molecular formula is C14H23N3O7. The first kappa shape index (κ1) is 18.8. The molecule has 0 aliphatic carbocycles. The Labute approximate surface area is 138 Å². The standard InChI is InChI=1S/C14H23N3O7/c1-16(2)23-7-6-22-12-11(19)9(8-21-3)24-13(12)17-5-4-10(18)15-14(17)20/h4-5,9,11-13,19H,6-8H2,1-3H3,(H,15,18,20)/t9-,11-,12-,13-/m1/s1. The summed E-state index contributed by atoms with van der Waals surface area (Å²) in [6, 6.07) is 1.20. The van der Waals surface area contributed by atoms with E-state index in [9.17, 15) is 14.7 Å². The SMILES string of the molecule is COC[C@H]1O[C@@H](n2ccc(=O)[nH]c2=O)[C@H](OCCON(C)C)[C@@H]1O. The maximum Gasteiger partial charge on any atom is 0.330 e. The fourth-order valence-electron chi connectivity index (χ4n) is 2.46. The van der Waals surface area contributed by atoms with Gasteiger partial charge in [0.15, 0.2) is 6.23 Å². The van der Waals surface area contributed by atoms with E-state index in [-0.39, 0.29) is 19.8 Å². The Morgan fingerprint density at radius 3 is 2.75 bits per heavy atom. The minimum Gasteiger partial charge on any atom is -0.387 e. The minimum absolute atomic E-state index is 0.143. The average Bonchev–Trinajstić information content (AvgIpc) is 2.81. The summed E-state index contributed by atoms with van der Waals surface area (Å²) in [7, 11) is 4.96. The van der Waals surface area contributed by atoms with Gasteiger partial charge in [0.1, 0.15) is 18.3 Å². The molecule has 0 saturated carbocycles. The van der Waals surface area contributed by atoms with Crippen LogP contribution in [0.5, 0.6) is 0 Å². The van der Waals surface area contributed by atoms with Crippen LogP contribution in [-0.4, -0.2) is 79.1 Å². The summed E-state index contributed by atoms with van der Waals surface area (Å²) in [5.74, 6) is 0. The van der Waals surface area contributed by atoms with Crippen molar-refractivity contribution in [3.05, 3.63) is 33.1 Å². The summed E-state index contributed by atoms with van der Waals surface area (Å²) >= 11 is 0. The Hall–Kier alpha value is -1.56. The van der Waals surface area contributed by atoms with Crippen LogP contribution < -0.4 is 11.2 Å². The van der Waals surface area contributed by atoms with Gasteiger partial charge in [0, 0.05) is 33.5 Å². The van der Waals surface area contributed by atoms with Gasteiger partial charge < -0.3 is 19.3 Å². The highest BCUT2D eigenvalue weighted by molar-refractivity contribution is 4.94. The number of aliphatic hydroxyl groups is 1. The Morgan fingerprint density at radius 1 is 1.38 bits per heavy atom. The summed E-state index contributed by atoms with van der Waals surface area (Å²) in [5, 5.41) is 11.9. The fraction of sp³-hybridized carbons (Fsp3) is 0.714. The molecule has 2 N–H and O–H groups in total. The highest BCUT2D eigenvalue weighted by atomic mass is 16.7. The van der Waals surface area contributed by atoms with Gasteiger partial charge in [-0.3, -0.25) is 19.2 Å². The van der Waals surface area contributed by atoms with E-state index in [1.807, 2.05) is 0 Å². The smallest absolute Gasteiger partial charge is 0.330 e. The van der Waals surface area contributed by atoms with E-state index in [1.54, 1.807) is 14.1 Å². The molecule has 2 heterocycles. The van der Waals surface area contributed by atoms with Crippen molar-refractivity contribution < 1.29 is 24.2 Å². The summed E-state index contributed by atoms with van der Waals surface area (Å²) in [6.45, 7) is 0.611. The number of aromatic amines is 1. The van der Waals surface area contributed by atoms with Crippen LogP contribution in [0, 0.1) is 0 Å². The Morgan fingerprint density at radius 2 is 2.12 bits per heavy atom. The van der Waals surface area contributed by atoms with Gasteiger partial charge in [0.25, 0.3) is 5.56 Å².